The Morgan fingerprint density at radius 2 is 2.04 bits per heavy atom. The molecule has 0 bridgehead atoms. The second-order valence-corrected chi connectivity index (χ2v) is 10.9. The molecular weight excluding hydrogens is 376 g/mol. The summed E-state index contributed by atoms with van der Waals surface area (Å²) in [4.78, 5) is 9.59. The van der Waals surface area contributed by atoms with Crippen molar-refractivity contribution in [1.82, 2.24) is 9.88 Å². The molecule has 1 saturated heterocycles. The lowest BCUT2D eigenvalue weighted by Gasteiger charge is -2.16. The molecule has 138 valence electrons. The van der Waals surface area contributed by atoms with Crippen LogP contribution in [0.2, 0.25) is 0 Å². The van der Waals surface area contributed by atoms with Gasteiger partial charge in [0, 0.05) is 47.7 Å². The number of likely N-dealkylation sites (tertiary alicyclic amines) is 1. The van der Waals surface area contributed by atoms with Crippen molar-refractivity contribution in [3.63, 3.8) is 0 Å². The molecule has 0 spiro atoms. The molecule has 4 heterocycles. The summed E-state index contributed by atoms with van der Waals surface area (Å²) in [7, 11) is -3.26. The average molecular weight is 397 g/mol. The second kappa shape index (κ2) is 6.26. The third kappa shape index (κ3) is 2.83. The molecule has 2 atom stereocenters. The van der Waals surface area contributed by atoms with E-state index in [0.29, 0.717) is 11.4 Å². The first-order valence-electron chi connectivity index (χ1n) is 9.08. The highest BCUT2D eigenvalue weighted by atomic mass is 32.2. The summed E-state index contributed by atoms with van der Waals surface area (Å²) in [6.07, 6.45) is 3.57. The third-order valence-electron chi connectivity index (χ3n) is 5.63. The first-order chi connectivity index (χ1) is 13.0. The van der Waals surface area contributed by atoms with E-state index < -0.39 is 9.84 Å². The van der Waals surface area contributed by atoms with Crippen LogP contribution >= 0.6 is 11.3 Å². The molecular formula is C21H20N2O2S2. The largest absolute Gasteiger partial charge is 0.296 e. The molecule has 1 aromatic carbocycles. The highest BCUT2D eigenvalue weighted by molar-refractivity contribution is 7.92. The first-order valence-corrected chi connectivity index (χ1v) is 11.4. The molecule has 2 aromatic heterocycles. The quantitative estimate of drug-likeness (QED) is 0.674. The molecule has 0 N–H and O–H groups in total. The fraction of sp³-hybridized carbons (Fsp3) is 0.286. The number of hydrogen-bond donors (Lipinski definition) is 0. The van der Waals surface area contributed by atoms with Crippen LogP contribution in [0.1, 0.15) is 21.2 Å². The van der Waals surface area contributed by atoms with Crippen LogP contribution in [0.25, 0.3) is 11.1 Å². The number of hydrogen-bond acceptors (Lipinski definition) is 5. The van der Waals surface area contributed by atoms with Gasteiger partial charge in [0.05, 0.1) is 10.1 Å². The van der Waals surface area contributed by atoms with E-state index in [9.17, 15) is 8.42 Å². The molecule has 2 unspecified atom stereocenters. The number of aromatic nitrogens is 1. The van der Waals surface area contributed by atoms with Gasteiger partial charge in [-0.15, -0.1) is 11.3 Å². The van der Waals surface area contributed by atoms with E-state index in [1.54, 1.807) is 23.6 Å². The van der Waals surface area contributed by atoms with Gasteiger partial charge < -0.3 is 0 Å². The number of rotatable bonds is 3. The summed E-state index contributed by atoms with van der Waals surface area (Å²) in [5.74, 6) is 0.0580. The van der Waals surface area contributed by atoms with Crippen LogP contribution < -0.4 is 0 Å². The lowest BCUT2D eigenvalue weighted by atomic mass is 9.95. The molecule has 0 aliphatic carbocycles. The van der Waals surface area contributed by atoms with Crippen LogP contribution in [-0.4, -0.2) is 36.6 Å². The van der Waals surface area contributed by atoms with Crippen LogP contribution in [0, 0.1) is 6.92 Å². The fourth-order valence-electron chi connectivity index (χ4n) is 4.36. The van der Waals surface area contributed by atoms with E-state index in [-0.39, 0.29) is 11.2 Å². The van der Waals surface area contributed by atoms with Crippen LogP contribution in [-0.2, 0) is 16.4 Å². The van der Waals surface area contributed by atoms with Gasteiger partial charge in [-0.25, -0.2) is 8.42 Å². The highest BCUT2D eigenvalue weighted by Crippen LogP contribution is 2.46. The topological polar surface area (TPSA) is 50.3 Å². The second-order valence-electron chi connectivity index (χ2n) is 7.39. The van der Waals surface area contributed by atoms with Gasteiger partial charge in [-0.05, 0) is 53.9 Å². The normalized spacial score (nSPS) is 23.3. The lowest BCUT2D eigenvalue weighted by molar-refractivity contribution is 0.328. The van der Waals surface area contributed by atoms with Gasteiger partial charge in [0.15, 0.2) is 9.84 Å². The van der Waals surface area contributed by atoms with Crippen molar-refractivity contribution in [3.05, 3.63) is 70.2 Å². The van der Waals surface area contributed by atoms with Crippen LogP contribution in [0.4, 0.5) is 0 Å². The number of pyridine rings is 1. The third-order valence-corrected chi connectivity index (χ3v) is 8.87. The lowest BCUT2D eigenvalue weighted by Crippen LogP contribution is -2.25. The summed E-state index contributed by atoms with van der Waals surface area (Å²) < 4.78 is 26.2. The minimum atomic E-state index is -3.26. The SMILES string of the molecule is Cc1ccc(CN2CC3c4cc(-c5cccnc5)ccc4S(=O)(=O)C3C2)s1. The van der Waals surface area contributed by atoms with Crippen molar-refractivity contribution in [2.75, 3.05) is 13.1 Å². The van der Waals surface area contributed by atoms with Crippen molar-refractivity contribution in [2.24, 2.45) is 0 Å². The minimum absolute atomic E-state index is 0.0580. The average Bonchev–Trinajstić information content (AvgIpc) is 3.33. The van der Waals surface area contributed by atoms with Gasteiger partial charge >= 0.3 is 0 Å². The number of fused-ring (bicyclic) bond motifs is 3. The summed E-state index contributed by atoms with van der Waals surface area (Å²) in [5.41, 5.74) is 3.03. The van der Waals surface area contributed by atoms with Crippen molar-refractivity contribution >= 4 is 21.2 Å². The predicted octanol–water partition coefficient (Wildman–Crippen LogP) is 3.87. The Morgan fingerprint density at radius 3 is 2.78 bits per heavy atom. The van der Waals surface area contributed by atoms with Crippen molar-refractivity contribution in [3.8, 4) is 11.1 Å². The zero-order valence-corrected chi connectivity index (χ0v) is 16.6. The Labute approximate surface area is 163 Å². The number of thiophene rings is 1. The van der Waals surface area contributed by atoms with Gasteiger partial charge in [-0.1, -0.05) is 12.1 Å². The van der Waals surface area contributed by atoms with Gasteiger partial charge in [-0.2, -0.15) is 0 Å². The minimum Gasteiger partial charge on any atom is -0.296 e. The van der Waals surface area contributed by atoms with Crippen LogP contribution in [0.5, 0.6) is 0 Å². The molecule has 3 aromatic rings. The molecule has 1 fully saturated rings. The van der Waals surface area contributed by atoms with Gasteiger partial charge in [-0.3, -0.25) is 9.88 Å². The summed E-state index contributed by atoms with van der Waals surface area (Å²) in [5, 5.41) is -0.322. The van der Waals surface area contributed by atoms with Crippen LogP contribution in [0.3, 0.4) is 0 Å². The van der Waals surface area contributed by atoms with E-state index in [1.165, 1.54) is 9.75 Å². The zero-order chi connectivity index (χ0) is 18.6. The Bertz CT molecular complexity index is 1110. The smallest absolute Gasteiger partial charge is 0.183 e. The molecule has 27 heavy (non-hydrogen) atoms. The van der Waals surface area contributed by atoms with Crippen LogP contribution in [0.15, 0.2) is 59.8 Å². The summed E-state index contributed by atoms with van der Waals surface area (Å²) in [6.45, 7) is 4.34. The van der Waals surface area contributed by atoms with E-state index in [0.717, 1.165) is 29.8 Å². The Balaban J connectivity index is 1.48. The number of benzene rings is 1. The molecule has 5 rings (SSSR count). The number of sulfone groups is 1. The number of nitrogens with zero attached hydrogens (tertiary/aromatic N) is 2. The maximum absolute atomic E-state index is 13.1. The summed E-state index contributed by atoms with van der Waals surface area (Å²) in [6, 6.07) is 13.9. The Kier molecular flexibility index (Phi) is 3.96. The maximum atomic E-state index is 13.1. The molecule has 4 nitrogen and oxygen atoms in total. The highest BCUT2D eigenvalue weighted by Gasteiger charge is 2.50. The monoisotopic (exact) mass is 396 g/mol. The van der Waals surface area contributed by atoms with Crippen molar-refractivity contribution in [2.45, 2.75) is 29.5 Å². The molecule has 0 saturated carbocycles. The molecule has 0 radical (unpaired) electrons. The standard InChI is InChI=1S/C21H20N2O2S2/c1-14-4-6-17(26-14)11-23-12-19-18-9-15(16-3-2-8-22-10-16)5-7-20(18)27(24,25)21(19)13-23/h2-10,19,21H,11-13H2,1H3. The molecule has 2 aliphatic rings. The van der Waals surface area contributed by atoms with Gasteiger partial charge in [0.1, 0.15) is 0 Å². The van der Waals surface area contributed by atoms with Crippen molar-refractivity contribution in [1.29, 1.82) is 0 Å². The fourth-order valence-corrected chi connectivity index (χ4v) is 7.49. The van der Waals surface area contributed by atoms with E-state index >= 15 is 0 Å². The van der Waals surface area contributed by atoms with Crippen molar-refractivity contribution < 1.29 is 8.42 Å². The van der Waals surface area contributed by atoms with E-state index in [4.69, 9.17) is 0 Å². The summed E-state index contributed by atoms with van der Waals surface area (Å²) >= 11 is 1.79. The Morgan fingerprint density at radius 1 is 1.15 bits per heavy atom. The van der Waals surface area contributed by atoms with Gasteiger partial charge in [0.2, 0.25) is 0 Å². The molecule has 2 aliphatic heterocycles. The predicted molar refractivity (Wildman–Crippen MR) is 108 cm³/mol. The maximum Gasteiger partial charge on any atom is 0.183 e. The van der Waals surface area contributed by atoms with Gasteiger partial charge in [0.25, 0.3) is 0 Å². The molecule has 6 heteroatoms. The van der Waals surface area contributed by atoms with E-state index in [1.807, 2.05) is 24.4 Å². The van der Waals surface area contributed by atoms with E-state index in [2.05, 4.69) is 35.0 Å². The zero-order valence-electron chi connectivity index (χ0n) is 15.0. The Hall–Kier alpha value is -2.02. The number of aryl methyl sites for hydroxylation is 1. The first kappa shape index (κ1) is 17.1. The molecule has 0 amide bonds.